The molecule has 0 spiro atoms. The van der Waals surface area contributed by atoms with Crippen molar-refractivity contribution in [1.82, 2.24) is 9.55 Å². The maximum absolute atomic E-state index is 12.8. The summed E-state index contributed by atoms with van der Waals surface area (Å²) in [5, 5.41) is 1.19. The van der Waals surface area contributed by atoms with Gasteiger partial charge in [0.1, 0.15) is 0 Å². The molecule has 0 aliphatic carbocycles. The summed E-state index contributed by atoms with van der Waals surface area (Å²) in [4.78, 5) is 28.5. The normalized spacial score (nSPS) is 11.3. The molecule has 2 rings (SSSR count). The molecule has 0 atom stereocenters. The lowest BCUT2D eigenvalue weighted by Crippen LogP contribution is -2.24. The highest BCUT2D eigenvalue weighted by molar-refractivity contribution is 7.99. The maximum atomic E-state index is 12.8. The van der Waals surface area contributed by atoms with Crippen LogP contribution < -0.4 is 11.3 Å². The second-order valence-corrected chi connectivity index (χ2v) is 7.66. The largest absolute Gasteiger partial charge is 0.369 e. The third-order valence-corrected chi connectivity index (χ3v) is 5.08. The van der Waals surface area contributed by atoms with Crippen molar-refractivity contribution in [2.75, 3.05) is 5.75 Å². The van der Waals surface area contributed by atoms with Crippen LogP contribution in [0.2, 0.25) is 0 Å². The Hall–Kier alpha value is -1.82. The van der Waals surface area contributed by atoms with E-state index in [0.717, 1.165) is 18.8 Å². The maximum Gasteiger partial charge on any atom is 0.262 e. The van der Waals surface area contributed by atoms with E-state index in [2.05, 4.69) is 18.8 Å². The summed E-state index contributed by atoms with van der Waals surface area (Å²) in [5.74, 6) is 0.455. The van der Waals surface area contributed by atoms with Crippen molar-refractivity contribution >= 4 is 28.6 Å². The van der Waals surface area contributed by atoms with Crippen molar-refractivity contribution in [2.45, 2.75) is 57.7 Å². The molecule has 0 radical (unpaired) electrons. The number of hydrogen-bond donors (Lipinski definition) is 1. The van der Waals surface area contributed by atoms with E-state index in [9.17, 15) is 9.59 Å². The molecule has 0 aliphatic rings. The molecule has 1 amide bonds. The number of nitrogens with two attached hydrogens (primary N) is 1. The third-order valence-electron chi connectivity index (χ3n) is 4.08. The van der Waals surface area contributed by atoms with Crippen LogP contribution in [-0.4, -0.2) is 21.2 Å². The first kappa shape index (κ1) is 19.5. The fourth-order valence-corrected chi connectivity index (χ4v) is 3.53. The van der Waals surface area contributed by atoms with Crippen molar-refractivity contribution in [3.05, 3.63) is 34.6 Å². The average molecular weight is 362 g/mol. The summed E-state index contributed by atoms with van der Waals surface area (Å²) in [6.45, 7) is 5.10. The van der Waals surface area contributed by atoms with Crippen molar-refractivity contribution in [1.29, 1.82) is 0 Å². The smallest absolute Gasteiger partial charge is 0.262 e. The van der Waals surface area contributed by atoms with Gasteiger partial charge in [-0.15, -0.1) is 0 Å². The minimum Gasteiger partial charge on any atom is -0.369 e. The Labute approximate surface area is 153 Å². The molecule has 0 saturated carbocycles. The van der Waals surface area contributed by atoms with Crippen LogP contribution in [0.15, 0.2) is 34.2 Å². The third kappa shape index (κ3) is 5.88. The fraction of sp³-hybridized carbons (Fsp3) is 0.526. The summed E-state index contributed by atoms with van der Waals surface area (Å²) < 4.78 is 1.69. The van der Waals surface area contributed by atoms with E-state index in [1.807, 2.05) is 18.2 Å². The van der Waals surface area contributed by atoms with E-state index < -0.39 is 5.91 Å². The second kappa shape index (κ2) is 9.61. The van der Waals surface area contributed by atoms with Crippen LogP contribution in [-0.2, 0) is 11.3 Å². The lowest BCUT2D eigenvalue weighted by atomic mass is 10.0. The van der Waals surface area contributed by atoms with Crippen LogP contribution in [0.3, 0.4) is 0 Å². The Balaban J connectivity index is 2.12. The summed E-state index contributed by atoms with van der Waals surface area (Å²) in [6.07, 6.45) is 5.68. The first-order chi connectivity index (χ1) is 12.0. The van der Waals surface area contributed by atoms with Gasteiger partial charge < -0.3 is 5.73 Å². The molecule has 5 nitrogen and oxygen atoms in total. The first-order valence-corrected chi connectivity index (χ1v) is 9.88. The highest BCUT2D eigenvalue weighted by Gasteiger charge is 2.12. The molecule has 136 valence electrons. The van der Waals surface area contributed by atoms with Crippen LogP contribution >= 0.6 is 11.8 Å². The SMILES string of the molecule is CC(C)CCCCCCn1c(SCC(N)=O)nc2ccccc2c1=O. The van der Waals surface area contributed by atoms with E-state index in [1.54, 1.807) is 10.6 Å². The average Bonchev–Trinajstić information content (AvgIpc) is 2.57. The van der Waals surface area contributed by atoms with Crippen molar-refractivity contribution in [2.24, 2.45) is 11.7 Å². The number of aromatic nitrogens is 2. The van der Waals surface area contributed by atoms with Gasteiger partial charge in [0.15, 0.2) is 5.16 Å². The quantitative estimate of drug-likeness (QED) is 0.398. The van der Waals surface area contributed by atoms with Gasteiger partial charge in [0.25, 0.3) is 5.56 Å². The van der Waals surface area contributed by atoms with E-state index in [0.29, 0.717) is 22.6 Å². The number of hydrogen-bond acceptors (Lipinski definition) is 4. The molecule has 0 aliphatic heterocycles. The number of carbonyl (C=O) groups excluding carboxylic acids is 1. The summed E-state index contributed by atoms with van der Waals surface area (Å²) >= 11 is 1.23. The Morgan fingerprint density at radius 2 is 1.92 bits per heavy atom. The zero-order valence-corrected chi connectivity index (χ0v) is 15.8. The zero-order valence-electron chi connectivity index (χ0n) is 15.0. The van der Waals surface area contributed by atoms with Gasteiger partial charge in [-0.05, 0) is 24.5 Å². The van der Waals surface area contributed by atoms with Crippen molar-refractivity contribution in [3.8, 4) is 0 Å². The zero-order chi connectivity index (χ0) is 18.2. The van der Waals surface area contributed by atoms with Gasteiger partial charge in [0, 0.05) is 6.54 Å². The minimum absolute atomic E-state index is 0.0419. The fourth-order valence-electron chi connectivity index (χ4n) is 2.77. The molecular formula is C19H27N3O2S. The number of fused-ring (bicyclic) bond motifs is 1. The number of para-hydroxylation sites is 1. The van der Waals surface area contributed by atoms with Crippen LogP contribution in [0.4, 0.5) is 0 Å². The molecular weight excluding hydrogens is 334 g/mol. The highest BCUT2D eigenvalue weighted by atomic mass is 32.2. The van der Waals surface area contributed by atoms with E-state index >= 15 is 0 Å². The van der Waals surface area contributed by atoms with Gasteiger partial charge in [-0.3, -0.25) is 14.2 Å². The highest BCUT2D eigenvalue weighted by Crippen LogP contribution is 2.18. The standard InChI is InChI=1S/C19H27N3O2S/c1-14(2)9-5-3-4-8-12-22-18(24)15-10-6-7-11-16(15)21-19(22)25-13-17(20)23/h6-7,10-11,14H,3-5,8-9,12-13H2,1-2H3,(H2,20,23). The van der Waals surface area contributed by atoms with Crippen molar-refractivity contribution in [3.63, 3.8) is 0 Å². The van der Waals surface area contributed by atoms with Crippen LogP contribution in [0.1, 0.15) is 46.0 Å². The Kier molecular flexibility index (Phi) is 7.50. The molecule has 1 heterocycles. The number of benzene rings is 1. The molecule has 6 heteroatoms. The second-order valence-electron chi connectivity index (χ2n) is 6.72. The molecule has 2 N–H and O–H groups in total. The minimum atomic E-state index is -0.410. The Morgan fingerprint density at radius 1 is 1.20 bits per heavy atom. The molecule has 0 bridgehead atoms. The monoisotopic (exact) mass is 361 g/mol. The molecule has 0 saturated heterocycles. The molecule has 25 heavy (non-hydrogen) atoms. The molecule has 1 aromatic heterocycles. The number of thioether (sulfide) groups is 1. The van der Waals surface area contributed by atoms with E-state index in [4.69, 9.17) is 5.73 Å². The molecule has 2 aromatic rings. The van der Waals surface area contributed by atoms with Crippen LogP contribution in [0, 0.1) is 5.92 Å². The number of primary amides is 1. The number of amides is 1. The van der Waals surface area contributed by atoms with Gasteiger partial charge in [-0.2, -0.15) is 0 Å². The Bertz CT molecular complexity index is 771. The number of unbranched alkanes of at least 4 members (excludes halogenated alkanes) is 3. The van der Waals surface area contributed by atoms with E-state index in [-0.39, 0.29) is 11.3 Å². The molecule has 0 unspecified atom stereocenters. The number of carbonyl (C=O) groups is 1. The lowest BCUT2D eigenvalue weighted by molar-refractivity contribution is -0.115. The Morgan fingerprint density at radius 3 is 2.64 bits per heavy atom. The summed E-state index contributed by atoms with van der Waals surface area (Å²) in [5.41, 5.74) is 5.86. The predicted octanol–water partition coefficient (Wildman–Crippen LogP) is 3.58. The van der Waals surface area contributed by atoms with Gasteiger partial charge in [-0.1, -0.05) is 63.4 Å². The van der Waals surface area contributed by atoms with Crippen molar-refractivity contribution < 1.29 is 4.79 Å². The summed E-state index contributed by atoms with van der Waals surface area (Å²) in [6, 6.07) is 7.32. The summed E-state index contributed by atoms with van der Waals surface area (Å²) in [7, 11) is 0. The van der Waals surface area contributed by atoms with E-state index in [1.165, 1.54) is 31.0 Å². The topological polar surface area (TPSA) is 78.0 Å². The van der Waals surface area contributed by atoms with Gasteiger partial charge in [0.2, 0.25) is 5.91 Å². The van der Waals surface area contributed by atoms with Crippen LogP contribution in [0.5, 0.6) is 0 Å². The van der Waals surface area contributed by atoms with Gasteiger partial charge >= 0.3 is 0 Å². The number of rotatable bonds is 10. The van der Waals surface area contributed by atoms with Crippen LogP contribution in [0.25, 0.3) is 10.9 Å². The number of nitrogens with zero attached hydrogens (tertiary/aromatic N) is 2. The first-order valence-electron chi connectivity index (χ1n) is 8.89. The molecule has 0 fully saturated rings. The van der Waals surface area contributed by atoms with Gasteiger partial charge in [0.05, 0.1) is 16.7 Å². The van der Waals surface area contributed by atoms with Gasteiger partial charge in [-0.25, -0.2) is 4.98 Å². The lowest BCUT2D eigenvalue weighted by Gasteiger charge is -2.12. The predicted molar refractivity (Wildman–Crippen MR) is 104 cm³/mol. The molecule has 1 aromatic carbocycles.